The molecule has 0 unspecified atom stereocenters. The zero-order valence-corrected chi connectivity index (χ0v) is 11.3. The zero-order valence-electron chi connectivity index (χ0n) is 11.3. The van der Waals surface area contributed by atoms with Crippen molar-refractivity contribution in [3.8, 4) is 17.2 Å². The van der Waals surface area contributed by atoms with Gasteiger partial charge >= 0.3 is 0 Å². The average molecular weight is 259 g/mol. The van der Waals surface area contributed by atoms with Crippen molar-refractivity contribution < 1.29 is 14.2 Å². The highest BCUT2D eigenvalue weighted by molar-refractivity contribution is 5.53. The maximum absolute atomic E-state index is 5.41. The normalized spacial score (nSPS) is 10.1. The second-order valence-electron chi connectivity index (χ2n) is 4.00. The number of aromatic nitrogens is 1. The summed E-state index contributed by atoms with van der Waals surface area (Å²) in [5.41, 5.74) is 1.99. The Morgan fingerprint density at radius 2 is 1.58 bits per heavy atom. The third-order valence-electron chi connectivity index (χ3n) is 2.87. The van der Waals surface area contributed by atoms with Gasteiger partial charge in [0.1, 0.15) is 0 Å². The number of hydrogen-bond donors (Lipinski definition) is 0. The van der Waals surface area contributed by atoms with Gasteiger partial charge in [-0.05, 0) is 5.56 Å². The molecule has 0 spiro atoms. The van der Waals surface area contributed by atoms with Gasteiger partial charge in [-0.2, -0.15) is 0 Å². The summed E-state index contributed by atoms with van der Waals surface area (Å²) in [7, 11) is 4.77. The first-order valence-corrected chi connectivity index (χ1v) is 5.98. The number of ether oxygens (including phenoxy) is 3. The summed E-state index contributed by atoms with van der Waals surface area (Å²) in [4.78, 5) is 4.39. The molecule has 0 saturated carbocycles. The molecule has 1 heterocycles. The number of rotatable bonds is 5. The molecule has 100 valence electrons. The summed E-state index contributed by atoms with van der Waals surface area (Å²) < 4.78 is 16.0. The fourth-order valence-electron chi connectivity index (χ4n) is 1.96. The van der Waals surface area contributed by atoms with Gasteiger partial charge in [0.15, 0.2) is 11.5 Å². The van der Waals surface area contributed by atoms with Gasteiger partial charge in [0.2, 0.25) is 5.75 Å². The molecule has 0 saturated heterocycles. The Morgan fingerprint density at radius 1 is 0.895 bits per heavy atom. The van der Waals surface area contributed by atoms with Crippen LogP contribution in [0.1, 0.15) is 11.3 Å². The van der Waals surface area contributed by atoms with E-state index in [0.717, 1.165) is 5.69 Å². The summed E-state index contributed by atoms with van der Waals surface area (Å²) in [6, 6.07) is 10.1. The van der Waals surface area contributed by atoms with Crippen LogP contribution < -0.4 is 14.2 Å². The van der Waals surface area contributed by atoms with E-state index in [4.69, 9.17) is 14.2 Å². The van der Waals surface area contributed by atoms with Crippen LogP contribution in [0.15, 0.2) is 36.5 Å². The van der Waals surface area contributed by atoms with E-state index >= 15 is 0 Å². The molecule has 2 rings (SSSR count). The van der Waals surface area contributed by atoms with Crippen LogP contribution >= 0.6 is 0 Å². The van der Waals surface area contributed by atoms with Crippen molar-refractivity contribution in [2.45, 2.75) is 6.42 Å². The first-order valence-electron chi connectivity index (χ1n) is 5.98. The largest absolute Gasteiger partial charge is 0.491 e. The first-order chi connectivity index (χ1) is 9.30. The van der Waals surface area contributed by atoms with Gasteiger partial charge in [-0.3, -0.25) is 4.98 Å². The van der Waals surface area contributed by atoms with Crippen LogP contribution in [-0.2, 0) is 6.42 Å². The van der Waals surface area contributed by atoms with E-state index in [1.54, 1.807) is 27.5 Å². The number of benzene rings is 1. The Kier molecular flexibility index (Phi) is 4.23. The highest BCUT2D eigenvalue weighted by Gasteiger charge is 2.17. The Bertz CT molecular complexity index is 541. The molecule has 0 aliphatic heterocycles. The Hall–Kier alpha value is -2.23. The molecule has 0 N–H and O–H groups in total. The fraction of sp³-hybridized carbons (Fsp3) is 0.267. The molecule has 0 bridgehead atoms. The Balaban J connectivity index is 2.40. The lowest BCUT2D eigenvalue weighted by molar-refractivity contribution is 0.319. The lowest BCUT2D eigenvalue weighted by Crippen LogP contribution is -2.02. The van der Waals surface area contributed by atoms with Gasteiger partial charge in [0, 0.05) is 6.42 Å². The van der Waals surface area contributed by atoms with Crippen molar-refractivity contribution in [2.24, 2.45) is 0 Å². The molecule has 2 aromatic rings. The van der Waals surface area contributed by atoms with Gasteiger partial charge in [-0.15, -0.1) is 0 Å². The van der Waals surface area contributed by atoms with Gasteiger partial charge in [-0.1, -0.05) is 30.3 Å². The molecule has 0 atom stereocenters. The van der Waals surface area contributed by atoms with Crippen LogP contribution in [0.5, 0.6) is 17.2 Å². The van der Waals surface area contributed by atoms with Crippen molar-refractivity contribution >= 4 is 0 Å². The topological polar surface area (TPSA) is 40.6 Å². The Labute approximate surface area is 113 Å². The molecule has 1 aromatic carbocycles. The maximum Gasteiger partial charge on any atom is 0.206 e. The zero-order chi connectivity index (χ0) is 13.7. The van der Waals surface area contributed by atoms with Crippen molar-refractivity contribution in [1.82, 2.24) is 4.98 Å². The minimum Gasteiger partial charge on any atom is -0.491 e. The van der Waals surface area contributed by atoms with Crippen LogP contribution in [0.4, 0.5) is 0 Å². The summed E-state index contributed by atoms with van der Waals surface area (Å²) in [5.74, 6) is 1.76. The Morgan fingerprint density at radius 3 is 2.16 bits per heavy atom. The highest BCUT2D eigenvalue weighted by atomic mass is 16.5. The van der Waals surface area contributed by atoms with Crippen molar-refractivity contribution in [3.63, 3.8) is 0 Å². The van der Waals surface area contributed by atoms with Crippen LogP contribution in [0.2, 0.25) is 0 Å². The smallest absolute Gasteiger partial charge is 0.206 e. The monoisotopic (exact) mass is 259 g/mol. The average Bonchev–Trinajstić information content (AvgIpc) is 2.47. The number of hydrogen-bond acceptors (Lipinski definition) is 4. The minimum atomic E-state index is 0.566. The summed E-state index contributed by atoms with van der Waals surface area (Å²) in [5, 5.41) is 0. The predicted molar refractivity (Wildman–Crippen MR) is 73.1 cm³/mol. The summed E-state index contributed by atoms with van der Waals surface area (Å²) >= 11 is 0. The molecule has 0 radical (unpaired) electrons. The van der Waals surface area contributed by atoms with Crippen LogP contribution in [0.3, 0.4) is 0 Å². The van der Waals surface area contributed by atoms with E-state index < -0.39 is 0 Å². The third-order valence-corrected chi connectivity index (χ3v) is 2.87. The van der Waals surface area contributed by atoms with Crippen molar-refractivity contribution in [1.29, 1.82) is 0 Å². The van der Waals surface area contributed by atoms with Crippen LogP contribution in [0.25, 0.3) is 0 Å². The lowest BCUT2D eigenvalue weighted by Gasteiger charge is -2.14. The van der Waals surface area contributed by atoms with Gasteiger partial charge in [0.05, 0.1) is 33.2 Å². The quantitative estimate of drug-likeness (QED) is 0.827. The second kappa shape index (κ2) is 6.09. The van der Waals surface area contributed by atoms with Crippen LogP contribution in [0, 0.1) is 0 Å². The third kappa shape index (κ3) is 2.78. The molecule has 4 nitrogen and oxygen atoms in total. The van der Waals surface area contributed by atoms with E-state index in [-0.39, 0.29) is 0 Å². The molecule has 0 aliphatic carbocycles. The first kappa shape index (κ1) is 13.2. The fourth-order valence-corrected chi connectivity index (χ4v) is 1.96. The molecule has 1 aromatic heterocycles. The number of methoxy groups -OCH3 is 3. The van der Waals surface area contributed by atoms with Gasteiger partial charge in [0.25, 0.3) is 0 Å². The molecule has 0 aliphatic rings. The second-order valence-corrected chi connectivity index (χ2v) is 4.00. The number of pyridine rings is 1. The van der Waals surface area contributed by atoms with E-state index in [1.807, 2.05) is 18.2 Å². The molecule has 4 heteroatoms. The van der Waals surface area contributed by atoms with Crippen LogP contribution in [-0.4, -0.2) is 26.3 Å². The van der Waals surface area contributed by atoms with Crippen molar-refractivity contribution in [2.75, 3.05) is 21.3 Å². The molecular formula is C15H17NO3. The predicted octanol–water partition coefficient (Wildman–Crippen LogP) is 2.70. The minimum absolute atomic E-state index is 0.566. The summed E-state index contributed by atoms with van der Waals surface area (Å²) in [6.07, 6.45) is 2.34. The van der Waals surface area contributed by atoms with Gasteiger partial charge < -0.3 is 14.2 Å². The van der Waals surface area contributed by atoms with E-state index in [0.29, 0.717) is 23.7 Å². The standard InChI is InChI=1S/C15H17NO3/c1-17-13-10-16-12(14(18-2)15(13)19-3)9-11-7-5-4-6-8-11/h4-8,10H,9H2,1-3H3. The SMILES string of the molecule is COc1cnc(Cc2ccccc2)c(OC)c1OC. The van der Waals surface area contributed by atoms with E-state index in [9.17, 15) is 0 Å². The molecule has 0 amide bonds. The molecule has 0 fully saturated rings. The highest BCUT2D eigenvalue weighted by Crippen LogP contribution is 2.38. The summed E-state index contributed by atoms with van der Waals surface area (Å²) in [6.45, 7) is 0. The molecule has 19 heavy (non-hydrogen) atoms. The lowest BCUT2D eigenvalue weighted by atomic mass is 10.1. The number of nitrogens with zero attached hydrogens (tertiary/aromatic N) is 1. The van der Waals surface area contributed by atoms with Crippen molar-refractivity contribution in [3.05, 3.63) is 47.8 Å². The maximum atomic E-state index is 5.41. The molecular weight excluding hydrogens is 242 g/mol. The van der Waals surface area contributed by atoms with Gasteiger partial charge in [-0.25, -0.2) is 0 Å². The van der Waals surface area contributed by atoms with E-state index in [2.05, 4.69) is 17.1 Å². The van der Waals surface area contributed by atoms with E-state index in [1.165, 1.54) is 5.56 Å².